The summed E-state index contributed by atoms with van der Waals surface area (Å²) in [6.45, 7) is 1.78. The average molecular weight is 290 g/mol. The Bertz CT molecular complexity index is 599. The van der Waals surface area contributed by atoms with Gasteiger partial charge < -0.3 is 10.4 Å². The lowest BCUT2D eigenvalue weighted by Gasteiger charge is -2.17. The number of anilines is 1. The summed E-state index contributed by atoms with van der Waals surface area (Å²) in [6, 6.07) is 14.3. The summed E-state index contributed by atoms with van der Waals surface area (Å²) in [5.41, 5.74) is 1.92. The van der Waals surface area contributed by atoms with Gasteiger partial charge >= 0.3 is 0 Å². The van der Waals surface area contributed by atoms with Crippen LogP contribution in [0, 0.1) is 0 Å². The molecule has 3 nitrogen and oxygen atoms in total. The molecule has 0 bridgehead atoms. The monoisotopic (exact) mass is 289 g/mol. The lowest BCUT2D eigenvalue weighted by atomic mass is 10.00. The minimum Gasteiger partial charge on any atom is -0.384 e. The van der Waals surface area contributed by atoms with Crippen LogP contribution in [-0.4, -0.2) is 11.0 Å². The first kappa shape index (κ1) is 14.6. The first-order chi connectivity index (χ1) is 9.61. The van der Waals surface area contributed by atoms with E-state index >= 15 is 0 Å². The molecule has 0 radical (unpaired) electrons. The van der Waals surface area contributed by atoms with Crippen LogP contribution in [0.4, 0.5) is 5.69 Å². The van der Waals surface area contributed by atoms with E-state index in [4.69, 9.17) is 11.6 Å². The lowest BCUT2D eigenvalue weighted by Crippen LogP contribution is -2.13. The van der Waals surface area contributed by atoms with Gasteiger partial charge in [0.15, 0.2) is 0 Å². The third-order valence-corrected chi connectivity index (χ3v) is 3.25. The quantitative estimate of drug-likeness (QED) is 0.900. The van der Waals surface area contributed by atoms with Crippen molar-refractivity contribution in [3.05, 3.63) is 64.7 Å². The number of amides is 1. The summed E-state index contributed by atoms with van der Waals surface area (Å²) in [4.78, 5) is 11.6. The molecule has 104 valence electrons. The van der Waals surface area contributed by atoms with Crippen molar-refractivity contribution in [2.75, 3.05) is 5.32 Å². The molecule has 1 amide bonds. The van der Waals surface area contributed by atoms with Gasteiger partial charge in [0, 0.05) is 22.7 Å². The number of aliphatic hydroxyl groups is 1. The van der Waals surface area contributed by atoms with Crippen molar-refractivity contribution < 1.29 is 9.90 Å². The van der Waals surface area contributed by atoms with Crippen LogP contribution in [-0.2, 0) is 4.79 Å². The Labute approximate surface area is 123 Å². The van der Waals surface area contributed by atoms with Gasteiger partial charge in [0.05, 0.1) is 0 Å². The van der Waals surface area contributed by atoms with Crippen LogP contribution >= 0.6 is 11.6 Å². The molecular weight excluding hydrogens is 274 g/mol. The molecule has 1 atom stereocenters. The molecule has 0 fully saturated rings. The number of hydrogen-bond donors (Lipinski definition) is 2. The zero-order chi connectivity index (χ0) is 14.5. The highest BCUT2D eigenvalue weighted by Gasteiger charge is 2.16. The van der Waals surface area contributed by atoms with Crippen LogP contribution in [0.15, 0.2) is 48.5 Å². The van der Waals surface area contributed by atoms with Gasteiger partial charge in [-0.3, -0.25) is 4.79 Å². The van der Waals surface area contributed by atoms with E-state index in [0.717, 1.165) is 5.56 Å². The first-order valence-corrected chi connectivity index (χ1v) is 6.82. The fraction of sp³-hybridized carbons (Fsp3) is 0.188. The molecule has 0 unspecified atom stereocenters. The zero-order valence-electron chi connectivity index (χ0n) is 11.1. The molecule has 0 heterocycles. The number of carbonyl (C=O) groups excluding carboxylic acids is 1. The minimum absolute atomic E-state index is 0.103. The van der Waals surface area contributed by atoms with Crippen molar-refractivity contribution in [2.24, 2.45) is 0 Å². The Kier molecular flexibility index (Phi) is 4.77. The first-order valence-electron chi connectivity index (χ1n) is 6.44. The third kappa shape index (κ3) is 3.38. The molecule has 2 rings (SSSR count). The molecule has 4 heteroatoms. The lowest BCUT2D eigenvalue weighted by molar-refractivity contribution is -0.115. The van der Waals surface area contributed by atoms with E-state index in [1.807, 2.05) is 30.3 Å². The van der Waals surface area contributed by atoms with E-state index in [2.05, 4.69) is 5.32 Å². The molecule has 20 heavy (non-hydrogen) atoms. The molecule has 0 aromatic heterocycles. The van der Waals surface area contributed by atoms with Crippen LogP contribution in [0.25, 0.3) is 0 Å². The number of nitrogens with one attached hydrogen (secondary N) is 1. The fourth-order valence-corrected chi connectivity index (χ4v) is 2.11. The number of aliphatic hydroxyl groups excluding tert-OH is 1. The van der Waals surface area contributed by atoms with Crippen LogP contribution in [0.2, 0.25) is 5.02 Å². The van der Waals surface area contributed by atoms with Crippen molar-refractivity contribution in [3.8, 4) is 0 Å². The van der Waals surface area contributed by atoms with E-state index in [-0.39, 0.29) is 5.91 Å². The highest BCUT2D eigenvalue weighted by Crippen LogP contribution is 2.30. The smallest absolute Gasteiger partial charge is 0.224 e. The van der Waals surface area contributed by atoms with Crippen LogP contribution in [0.5, 0.6) is 0 Å². The second-order valence-corrected chi connectivity index (χ2v) is 4.88. The predicted octanol–water partition coefficient (Wildman–Crippen LogP) is 3.77. The maximum Gasteiger partial charge on any atom is 0.224 e. The molecular formula is C16H16ClNO2. The Morgan fingerprint density at radius 1 is 1.25 bits per heavy atom. The van der Waals surface area contributed by atoms with Crippen molar-refractivity contribution in [1.82, 2.24) is 0 Å². The van der Waals surface area contributed by atoms with E-state index in [1.54, 1.807) is 25.1 Å². The summed E-state index contributed by atoms with van der Waals surface area (Å²) >= 11 is 5.99. The molecule has 0 aliphatic heterocycles. The van der Waals surface area contributed by atoms with Gasteiger partial charge in [0.2, 0.25) is 5.91 Å². The normalized spacial score (nSPS) is 11.9. The minimum atomic E-state index is -0.831. The van der Waals surface area contributed by atoms with Crippen molar-refractivity contribution >= 4 is 23.2 Å². The number of hydrogen-bond acceptors (Lipinski definition) is 2. The van der Waals surface area contributed by atoms with Gasteiger partial charge in [0.25, 0.3) is 0 Å². The molecule has 0 aliphatic carbocycles. The Morgan fingerprint density at radius 3 is 2.60 bits per heavy atom. The topological polar surface area (TPSA) is 49.3 Å². The molecule has 2 aromatic carbocycles. The van der Waals surface area contributed by atoms with Crippen molar-refractivity contribution in [1.29, 1.82) is 0 Å². The number of halogens is 1. The SMILES string of the molecule is CCC(=O)Nc1ccc(Cl)cc1[C@@H](O)c1ccccc1. The molecule has 0 spiro atoms. The van der Waals surface area contributed by atoms with Gasteiger partial charge in [-0.15, -0.1) is 0 Å². The third-order valence-electron chi connectivity index (χ3n) is 3.02. The van der Waals surface area contributed by atoms with E-state index in [1.165, 1.54) is 0 Å². The molecule has 2 N–H and O–H groups in total. The Morgan fingerprint density at radius 2 is 1.95 bits per heavy atom. The number of rotatable bonds is 4. The molecule has 0 saturated carbocycles. The largest absolute Gasteiger partial charge is 0.384 e. The highest BCUT2D eigenvalue weighted by molar-refractivity contribution is 6.30. The Hall–Kier alpha value is -1.84. The fourth-order valence-electron chi connectivity index (χ4n) is 1.93. The number of carbonyl (C=O) groups is 1. The van der Waals surface area contributed by atoms with Crippen molar-refractivity contribution in [3.63, 3.8) is 0 Å². The summed E-state index contributed by atoms with van der Waals surface area (Å²) in [6.07, 6.45) is -0.453. The number of benzene rings is 2. The summed E-state index contributed by atoms with van der Waals surface area (Å²) in [7, 11) is 0. The molecule has 0 saturated heterocycles. The van der Waals surface area contributed by atoms with Gasteiger partial charge in [0.1, 0.15) is 6.10 Å². The van der Waals surface area contributed by atoms with E-state index in [9.17, 15) is 9.90 Å². The van der Waals surface area contributed by atoms with Gasteiger partial charge in [-0.1, -0.05) is 48.9 Å². The van der Waals surface area contributed by atoms with Crippen LogP contribution in [0.3, 0.4) is 0 Å². The second-order valence-electron chi connectivity index (χ2n) is 4.45. The second kappa shape index (κ2) is 6.55. The maximum absolute atomic E-state index is 11.6. The van der Waals surface area contributed by atoms with E-state index in [0.29, 0.717) is 22.7 Å². The average Bonchev–Trinajstić information content (AvgIpc) is 2.49. The summed E-state index contributed by atoms with van der Waals surface area (Å²) < 4.78 is 0. The predicted molar refractivity (Wildman–Crippen MR) is 80.9 cm³/mol. The highest BCUT2D eigenvalue weighted by atomic mass is 35.5. The van der Waals surface area contributed by atoms with Crippen molar-refractivity contribution in [2.45, 2.75) is 19.4 Å². The van der Waals surface area contributed by atoms with Gasteiger partial charge in [-0.05, 0) is 23.8 Å². The maximum atomic E-state index is 11.6. The zero-order valence-corrected chi connectivity index (χ0v) is 11.9. The van der Waals surface area contributed by atoms with E-state index < -0.39 is 6.10 Å². The van der Waals surface area contributed by atoms with Gasteiger partial charge in [-0.25, -0.2) is 0 Å². The van der Waals surface area contributed by atoms with Crippen LogP contribution in [0.1, 0.15) is 30.6 Å². The standard InChI is InChI=1S/C16H16ClNO2/c1-2-15(19)18-14-9-8-12(17)10-13(14)16(20)11-6-4-3-5-7-11/h3-10,16,20H,2H2,1H3,(H,18,19)/t16-/m0/s1. The van der Waals surface area contributed by atoms with Crippen LogP contribution < -0.4 is 5.32 Å². The summed E-state index contributed by atoms with van der Waals surface area (Å²) in [5, 5.41) is 13.8. The molecule has 0 aliphatic rings. The Balaban J connectivity index is 2.38. The van der Waals surface area contributed by atoms with Gasteiger partial charge in [-0.2, -0.15) is 0 Å². The molecule has 2 aromatic rings. The summed E-state index contributed by atoms with van der Waals surface area (Å²) in [5.74, 6) is -0.103.